The number of hydrogen-bond acceptors (Lipinski definition) is 4. The van der Waals surface area contributed by atoms with Crippen molar-refractivity contribution in [3.8, 4) is 11.4 Å². The highest BCUT2D eigenvalue weighted by molar-refractivity contribution is 5.95. The van der Waals surface area contributed by atoms with Gasteiger partial charge in [0.1, 0.15) is 5.82 Å². The van der Waals surface area contributed by atoms with Gasteiger partial charge in [-0.1, -0.05) is 74.9 Å². The van der Waals surface area contributed by atoms with Crippen molar-refractivity contribution in [2.24, 2.45) is 0 Å². The molecule has 2 heterocycles. The van der Waals surface area contributed by atoms with Gasteiger partial charge < -0.3 is 9.80 Å². The lowest BCUT2D eigenvalue weighted by atomic mass is 9.86. The SMILES string of the molecule is Cc1ccc(-c2nc(N3CCN(C(=O)c4ccc(C(C)(C)C)cc4)CC3)c3ccccc3n2)cc1. The van der Waals surface area contributed by atoms with Crippen LogP contribution in [-0.2, 0) is 5.41 Å². The molecule has 3 aromatic carbocycles. The normalized spacial score (nSPS) is 14.4. The fourth-order valence-electron chi connectivity index (χ4n) is 4.55. The minimum atomic E-state index is 0.0744. The lowest BCUT2D eigenvalue weighted by molar-refractivity contribution is 0.0746. The first-order valence-corrected chi connectivity index (χ1v) is 12.3. The average Bonchev–Trinajstić information content (AvgIpc) is 2.88. The van der Waals surface area contributed by atoms with Gasteiger partial charge in [-0.05, 0) is 42.2 Å². The molecule has 0 unspecified atom stereocenters. The van der Waals surface area contributed by atoms with Gasteiger partial charge in [0.25, 0.3) is 5.91 Å². The number of hydrogen-bond donors (Lipinski definition) is 0. The number of para-hydroxylation sites is 1. The van der Waals surface area contributed by atoms with Gasteiger partial charge in [-0.2, -0.15) is 0 Å². The summed E-state index contributed by atoms with van der Waals surface area (Å²) in [5, 5.41) is 1.04. The predicted octanol–water partition coefficient (Wildman–Crippen LogP) is 5.87. The van der Waals surface area contributed by atoms with Crippen molar-refractivity contribution in [1.82, 2.24) is 14.9 Å². The highest BCUT2D eigenvalue weighted by Crippen LogP contribution is 2.29. The molecule has 0 N–H and O–H groups in total. The summed E-state index contributed by atoms with van der Waals surface area (Å²) in [4.78, 5) is 27.2. The lowest BCUT2D eigenvalue weighted by Crippen LogP contribution is -2.49. The third-order valence-corrected chi connectivity index (χ3v) is 6.76. The largest absolute Gasteiger partial charge is 0.352 e. The highest BCUT2D eigenvalue weighted by atomic mass is 16.2. The first-order chi connectivity index (χ1) is 16.8. The number of nitrogens with zero attached hydrogens (tertiary/aromatic N) is 4. The van der Waals surface area contributed by atoms with Gasteiger partial charge in [-0.3, -0.25) is 4.79 Å². The molecule has 1 aromatic heterocycles. The second-order valence-corrected chi connectivity index (χ2v) is 10.4. The van der Waals surface area contributed by atoms with E-state index in [2.05, 4.69) is 75.1 Å². The van der Waals surface area contributed by atoms with Gasteiger partial charge in [-0.25, -0.2) is 9.97 Å². The molecule has 4 aromatic rings. The van der Waals surface area contributed by atoms with Crippen LogP contribution in [0.25, 0.3) is 22.3 Å². The molecule has 0 spiro atoms. The molecule has 0 radical (unpaired) electrons. The first kappa shape index (κ1) is 23.0. The van der Waals surface area contributed by atoms with Crippen LogP contribution >= 0.6 is 0 Å². The Kier molecular flexibility index (Phi) is 6.01. The minimum Gasteiger partial charge on any atom is -0.352 e. The van der Waals surface area contributed by atoms with E-state index in [0.717, 1.165) is 46.8 Å². The van der Waals surface area contributed by atoms with Crippen molar-refractivity contribution in [3.63, 3.8) is 0 Å². The molecule has 1 aliphatic rings. The van der Waals surface area contributed by atoms with E-state index in [1.165, 1.54) is 11.1 Å². The van der Waals surface area contributed by atoms with E-state index >= 15 is 0 Å². The van der Waals surface area contributed by atoms with Crippen LogP contribution in [-0.4, -0.2) is 47.0 Å². The summed E-state index contributed by atoms with van der Waals surface area (Å²) in [6.07, 6.45) is 0. The molecule has 5 nitrogen and oxygen atoms in total. The highest BCUT2D eigenvalue weighted by Gasteiger charge is 2.25. The van der Waals surface area contributed by atoms with Gasteiger partial charge in [0.2, 0.25) is 0 Å². The van der Waals surface area contributed by atoms with Crippen LogP contribution < -0.4 is 4.90 Å². The third kappa shape index (κ3) is 4.76. The maximum absolute atomic E-state index is 13.2. The van der Waals surface area contributed by atoms with Gasteiger partial charge >= 0.3 is 0 Å². The van der Waals surface area contributed by atoms with Crippen LogP contribution in [0.2, 0.25) is 0 Å². The van der Waals surface area contributed by atoms with Crippen molar-refractivity contribution in [2.45, 2.75) is 33.1 Å². The number of piperazine rings is 1. The summed E-state index contributed by atoms with van der Waals surface area (Å²) >= 11 is 0. The molecule has 1 aliphatic heterocycles. The Morgan fingerprint density at radius 1 is 0.800 bits per heavy atom. The number of aryl methyl sites for hydroxylation is 1. The zero-order valence-electron chi connectivity index (χ0n) is 21.0. The Labute approximate surface area is 207 Å². The van der Waals surface area contributed by atoms with Crippen molar-refractivity contribution in [1.29, 1.82) is 0 Å². The molecule has 0 saturated carbocycles. The molecule has 0 atom stereocenters. The Hall–Kier alpha value is -3.73. The van der Waals surface area contributed by atoms with E-state index < -0.39 is 0 Å². The Morgan fingerprint density at radius 3 is 2.11 bits per heavy atom. The minimum absolute atomic E-state index is 0.0744. The monoisotopic (exact) mass is 464 g/mol. The van der Waals surface area contributed by atoms with E-state index in [-0.39, 0.29) is 11.3 Å². The number of amides is 1. The quantitative estimate of drug-likeness (QED) is 0.381. The summed E-state index contributed by atoms with van der Waals surface area (Å²) in [6.45, 7) is 11.4. The topological polar surface area (TPSA) is 49.3 Å². The molecule has 0 aliphatic carbocycles. The predicted molar refractivity (Wildman–Crippen MR) is 143 cm³/mol. The van der Waals surface area contributed by atoms with Crippen molar-refractivity contribution in [2.75, 3.05) is 31.1 Å². The van der Waals surface area contributed by atoms with Gasteiger partial charge in [0.05, 0.1) is 5.52 Å². The average molecular weight is 465 g/mol. The molecule has 0 bridgehead atoms. The van der Waals surface area contributed by atoms with E-state index in [0.29, 0.717) is 13.1 Å². The van der Waals surface area contributed by atoms with Crippen molar-refractivity contribution >= 4 is 22.6 Å². The molecule has 35 heavy (non-hydrogen) atoms. The third-order valence-electron chi connectivity index (χ3n) is 6.76. The first-order valence-electron chi connectivity index (χ1n) is 12.3. The molecule has 5 rings (SSSR count). The Morgan fingerprint density at radius 2 is 1.46 bits per heavy atom. The lowest BCUT2D eigenvalue weighted by Gasteiger charge is -2.36. The van der Waals surface area contributed by atoms with Crippen LogP contribution in [0.5, 0.6) is 0 Å². The van der Waals surface area contributed by atoms with Crippen LogP contribution in [0.4, 0.5) is 5.82 Å². The summed E-state index contributed by atoms with van der Waals surface area (Å²) in [5.74, 6) is 1.77. The summed E-state index contributed by atoms with van der Waals surface area (Å²) in [7, 11) is 0. The fraction of sp³-hybridized carbons (Fsp3) is 0.300. The second kappa shape index (κ2) is 9.14. The number of benzene rings is 3. The van der Waals surface area contributed by atoms with Gasteiger partial charge in [-0.15, -0.1) is 0 Å². The maximum Gasteiger partial charge on any atom is 0.253 e. The van der Waals surface area contributed by atoms with E-state index in [9.17, 15) is 4.79 Å². The van der Waals surface area contributed by atoms with E-state index in [1.807, 2.05) is 35.2 Å². The molecular formula is C30H32N4O. The molecule has 1 saturated heterocycles. The van der Waals surface area contributed by atoms with Crippen LogP contribution in [0.15, 0.2) is 72.8 Å². The summed E-state index contributed by atoms with van der Waals surface area (Å²) < 4.78 is 0. The van der Waals surface area contributed by atoms with Crippen LogP contribution in [0.1, 0.15) is 42.3 Å². The smallest absolute Gasteiger partial charge is 0.253 e. The second-order valence-electron chi connectivity index (χ2n) is 10.4. The number of fused-ring (bicyclic) bond motifs is 1. The van der Waals surface area contributed by atoms with E-state index in [4.69, 9.17) is 9.97 Å². The molecule has 5 heteroatoms. The van der Waals surface area contributed by atoms with Gasteiger partial charge in [0, 0.05) is 42.7 Å². The molecule has 178 valence electrons. The zero-order chi connectivity index (χ0) is 24.6. The molecule has 1 fully saturated rings. The molecule has 1 amide bonds. The number of carbonyl (C=O) groups is 1. The molecular weight excluding hydrogens is 432 g/mol. The van der Waals surface area contributed by atoms with Gasteiger partial charge in [0.15, 0.2) is 5.82 Å². The van der Waals surface area contributed by atoms with Crippen LogP contribution in [0.3, 0.4) is 0 Å². The van der Waals surface area contributed by atoms with Crippen molar-refractivity contribution < 1.29 is 4.79 Å². The maximum atomic E-state index is 13.2. The van der Waals surface area contributed by atoms with Crippen molar-refractivity contribution in [3.05, 3.63) is 89.5 Å². The number of carbonyl (C=O) groups excluding carboxylic acids is 1. The number of anilines is 1. The summed E-state index contributed by atoms with van der Waals surface area (Å²) in [5.41, 5.74) is 5.22. The number of rotatable bonds is 3. The Balaban J connectivity index is 1.37. The summed E-state index contributed by atoms with van der Waals surface area (Å²) in [6, 6.07) is 24.6. The standard InChI is InChI=1S/C30H32N4O/c1-21-9-11-22(12-10-21)27-31-26-8-6-5-7-25(26)28(32-27)33-17-19-34(20-18-33)29(35)23-13-15-24(16-14-23)30(2,3)4/h5-16H,17-20H2,1-4H3. The Bertz CT molecular complexity index is 1350. The number of aromatic nitrogens is 2. The fourth-order valence-corrected chi connectivity index (χ4v) is 4.55. The van der Waals surface area contributed by atoms with E-state index in [1.54, 1.807) is 0 Å². The zero-order valence-corrected chi connectivity index (χ0v) is 21.0. The van der Waals surface area contributed by atoms with Crippen LogP contribution in [0, 0.1) is 6.92 Å².